The zero-order chi connectivity index (χ0) is 10.8. The molecule has 0 aliphatic heterocycles. The molecule has 0 bridgehead atoms. The Morgan fingerprint density at radius 3 is 2.69 bits per heavy atom. The van der Waals surface area contributed by atoms with Crippen molar-refractivity contribution in [2.45, 2.75) is 0 Å². The largest absolute Gasteiger partial charge is 0.366 e. The maximum absolute atomic E-state index is 4.39. The summed E-state index contributed by atoms with van der Waals surface area (Å²) in [7, 11) is 0. The number of H-pyrrole nitrogens is 1. The molecule has 1 aromatic carbocycles. The maximum atomic E-state index is 4.39. The van der Waals surface area contributed by atoms with Crippen LogP contribution in [0.15, 0.2) is 61.3 Å². The molecule has 2 aromatic heterocycles. The summed E-state index contributed by atoms with van der Waals surface area (Å²) in [5.41, 5.74) is 3.22. The quantitative estimate of drug-likeness (QED) is 0.691. The second-order valence-electron chi connectivity index (χ2n) is 3.60. The zero-order valence-corrected chi connectivity index (χ0v) is 8.67. The van der Waals surface area contributed by atoms with E-state index < -0.39 is 0 Å². The van der Waals surface area contributed by atoms with Gasteiger partial charge in [-0.1, -0.05) is 30.3 Å². The number of nitrogens with zero attached hydrogens (tertiary/aromatic N) is 2. The summed E-state index contributed by atoms with van der Waals surface area (Å²) in [6.07, 6.45) is 7.69. The van der Waals surface area contributed by atoms with Crippen molar-refractivity contribution in [3.63, 3.8) is 0 Å². The number of rotatable bonds is 2. The Hall–Kier alpha value is -2.29. The Morgan fingerprint density at radius 1 is 1.06 bits per heavy atom. The van der Waals surface area contributed by atoms with Crippen LogP contribution in [0.1, 0.15) is 0 Å². The first-order valence-electron chi connectivity index (χ1n) is 5.16. The van der Waals surface area contributed by atoms with E-state index >= 15 is 0 Å². The molecular weight excluding hydrogens is 198 g/mol. The molecular formula is C13H11N3. The van der Waals surface area contributed by atoms with Crippen LogP contribution in [0.3, 0.4) is 0 Å². The monoisotopic (exact) mass is 209 g/mol. The molecule has 0 radical (unpaired) electrons. The Balaban J connectivity index is 2.00. The van der Waals surface area contributed by atoms with Crippen LogP contribution >= 0.6 is 0 Å². The highest BCUT2D eigenvalue weighted by Gasteiger charge is 2.02. The fourth-order valence-corrected chi connectivity index (χ4v) is 1.70. The van der Waals surface area contributed by atoms with Crippen molar-refractivity contribution in [1.82, 2.24) is 14.5 Å². The van der Waals surface area contributed by atoms with Crippen molar-refractivity contribution in [2.24, 2.45) is 0 Å². The molecule has 0 amide bonds. The SMILES string of the molecule is c1ccc(-c2cn(-c3cc[nH]c3)cn2)cc1. The van der Waals surface area contributed by atoms with Crippen molar-refractivity contribution < 1.29 is 0 Å². The van der Waals surface area contributed by atoms with E-state index in [0.29, 0.717) is 0 Å². The lowest BCUT2D eigenvalue weighted by Crippen LogP contribution is -1.85. The minimum absolute atomic E-state index is 0.988. The van der Waals surface area contributed by atoms with Gasteiger partial charge < -0.3 is 9.55 Å². The van der Waals surface area contributed by atoms with Gasteiger partial charge in [-0.15, -0.1) is 0 Å². The smallest absolute Gasteiger partial charge is 0.1000 e. The number of aromatic nitrogens is 3. The Labute approximate surface area is 93.4 Å². The van der Waals surface area contributed by atoms with Crippen molar-refractivity contribution in [2.75, 3.05) is 0 Å². The molecule has 0 unspecified atom stereocenters. The van der Waals surface area contributed by atoms with E-state index in [1.807, 2.05) is 53.8 Å². The second kappa shape index (κ2) is 3.70. The summed E-state index contributed by atoms with van der Waals surface area (Å²) in [6.45, 7) is 0. The molecule has 3 rings (SSSR count). The molecule has 0 saturated heterocycles. The van der Waals surface area contributed by atoms with E-state index in [2.05, 4.69) is 22.1 Å². The van der Waals surface area contributed by atoms with Gasteiger partial charge in [-0.05, 0) is 6.07 Å². The van der Waals surface area contributed by atoms with Crippen LogP contribution in [0.5, 0.6) is 0 Å². The average molecular weight is 209 g/mol. The van der Waals surface area contributed by atoms with Gasteiger partial charge in [0.15, 0.2) is 0 Å². The minimum Gasteiger partial charge on any atom is -0.366 e. The Bertz CT molecular complexity index is 564. The minimum atomic E-state index is 0.988. The van der Waals surface area contributed by atoms with E-state index in [-0.39, 0.29) is 0 Å². The maximum Gasteiger partial charge on any atom is 0.1000 e. The summed E-state index contributed by atoms with van der Waals surface area (Å²) in [5, 5.41) is 0. The Morgan fingerprint density at radius 2 is 1.94 bits per heavy atom. The number of imidazole rings is 1. The lowest BCUT2D eigenvalue weighted by atomic mass is 10.2. The van der Waals surface area contributed by atoms with Gasteiger partial charge in [-0.25, -0.2) is 4.98 Å². The normalized spacial score (nSPS) is 10.5. The van der Waals surface area contributed by atoms with Gasteiger partial charge in [0.25, 0.3) is 0 Å². The van der Waals surface area contributed by atoms with Crippen LogP contribution < -0.4 is 0 Å². The third-order valence-corrected chi connectivity index (χ3v) is 2.53. The van der Waals surface area contributed by atoms with E-state index in [4.69, 9.17) is 0 Å². The average Bonchev–Trinajstić information content (AvgIpc) is 3.01. The van der Waals surface area contributed by atoms with Crippen LogP contribution in [0.4, 0.5) is 0 Å². The summed E-state index contributed by atoms with van der Waals surface area (Å²) in [4.78, 5) is 7.42. The standard InChI is InChI=1S/C13H11N3/c1-2-4-11(5-3-1)13-9-16(10-15-13)12-6-7-14-8-12/h1-10,14H. The number of benzene rings is 1. The molecule has 3 nitrogen and oxygen atoms in total. The third kappa shape index (κ3) is 1.52. The third-order valence-electron chi connectivity index (χ3n) is 2.53. The molecule has 1 N–H and O–H groups in total. The first-order valence-corrected chi connectivity index (χ1v) is 5.16. The van der Waals surface area contributed by atoms with E-state index in [1.165, 1.54) is 0 Å². The molecule has 0 fully saturated rings. The Kier molecular flexibility index (Phi) is 2.07. The van der Waals surface area contributed by atoms with Gasteiger partial charge in [0.05, 0.1) is 17.7 Å². The molecule has 0 spiro atoms. The summed E-state index contributed by atoms with van der Waals surface area (Å²) in [6, 6.07) is 12.2. The van der Waals surface area contributed by atoms with Gasteiger partial charge in [0, 0.05) is 24.2 Å². The fraction of sp³-hybridized carbons (Fsp3) is 0. The predicted octanol–water partition coefficient (Wildman–Crippen LogP) is 2.87. The van der Waals surface area contributed by atoms with Gasteiger partial charge in [-0.2, -0.15) is 0 Å². The second-order valence-corrected chi connectivity index (χ2v) is 3.60. The highest BCUT2D eigenvalue weighted by atomic mass is 15.0. The summed E-state index contributed by atoms with van der Waals surface area (Å²) in [5.74, 6) is 0. The van der Waals surface area contributed by atoms with Crippen LogP contribution in [0, 0.1) is 0 Å². The van der Waals surface area contributed by atoms with E-state index in [1.54, 1.807) is 0 Å². The molecule has 0 saturated carbocycles. The molecule has 0 atom stereocenters. The topological polar surface area (TPSA) is 33.6 Å². The number of hydrogen-bond acceptors (Lipinski definition) is 1. The van der Waals surface area contributed by atoms with Gasteiger partial charge in [0.1, 0.15) is 0 Å². The molecule has 2 heterocycles. The molecule has 3 heteroatoms. The summed E-state index contributed by atoms with van der Waals surface area (Å²) < 4.78 is 2.00. The highest BCUT2D eigenvalue weighted by molar-refractivity contribution is 5.58. The van der Waals surface area contributed by atoms with Crippen LogP contribution in [-0.4, -0.2) is 14.5 Å². The lowest BCUT2D eigenvalue weighted by molar-refractivity contribution is 1.06. The highest BCUT2D eigenvalue weighted by Crippen LogP contribution is 2.17. The predicted molar refractivity (Wildman–Crippen MR) is 63.4 cm³/mol. The molecule has 16 heavy (non-hydrogen) atoms. The molecule has 3 aromatic rings. The number of hydrogen-bond donors (Lipinski definition) is 1. The summed E-state index contributed by atoms with van der Waals surface area (Å²) >= 11 is 0. The van der Waals surface area contributed by atoms with Crippen LogP contribution in [0.25, 0.3) is 16.9 Å². The van der Waals surface area contributed by atoms with Crippen LogP contribution in [0.2, 0.25) is 0 Å². The van der Waals surface area contributed by atoms with Gasteiger partial charge in [-0.3, -0.25) is 0 Å². The van der Waals surface area contributed by atoms with Crippen molar-refractivity contribution >= 4 is 0 Å². The molecule has 0 aliphatic rings. The van der Waals surface area contributed by atoms with E-state index in [9.17, 15) is 0 Å². The first-order chi connectivity index (χ1) is 7.93. The van der Waals surface area contributed by atoms with Crippen molar-refractivity contribution in [3.05, 3.63) is 61.3 Å². The van der Waals surface area contributed by atoms with Gasteiger partial charge in [0.2, 0.25) is 0 Å². The van der Waals surface area contributed by atoms with Gasteiger partial charge >= 0.3 is 0 Å². The molecule has 78 valence electrons. The fourth-order valence-electron chi connectivity index (χ4n) is 1.70. The number of nitrogens with one attached hydrogen (secondary N) is 1. The lowest BCUT2D eigenvalue weighted by Gasteiger charge is -1.95. The van der Waals surface area contributed by atoms with Crippen molar-refractivity contribution in [1.29, 1.82) is 0 Å². The first kappa shape index (κ1) is 8.97. The van der Waals surface area contributed by atoms with E-state index in [0.717, 1.165) is 16.9 Å². The molecule has 0 aliphatic carbocycles. The van der Waals surface area contributed by atoms with Crippen LogP contribution in [-0.2, 0) is 0 Å². The number of aromatic amines is 1. The zero-order valence-electron chi connectivity index (χ0n) is 8.67. The van der Waals surface area contributed by atoms with Crippen molar-refractivity contribution in [3.8, 4) is 16.9 Å².